The van der Waals surface area contributed by atoms with Crippen molar-refractivity contribution in [2.45, 2.75) is 24.3 Å². The fourth-order valence-corrected chi connectivity index (χ4v) is 4.81. The summed E-state index contributed by atoms with van der Waals surface area (Å²) in [5.41, 5.74) is 0.711. The monoisotopic (exact) mass is 589 g/mol. The van der Waals surface area contributed by atoms with E-state index < -0.39 is 46.4 Å². The Labute approximate surface area is 235 Å². The second kappa shape index (κ2) is 13.6. The number of carboxylic acids is 1. The summed E-state index contributed by atoms with van der Waals surface area (Å²) in [6.45, 7) is 1.34. The van der Waals surface area contributed by atoms with Crippen molar-refractivity contribution in [1.29, 1.82) is 0 Å². The number of sulfonamides is 1. The Hall–Kier alpha value is -4.72. The Morgan fingerprint density at radius 3 is 2.27 bits per heavy atom. The normalized spacial score (nSPS) is 14.8. The molecule has 14 heteroatoms. The van der Waals surface area contributed by atoms with E-state index in [-0.39, 0.29) is 40.8 Å². The van der Waals surface area contributed by atoms with Gasteiger partial charge in [0, 0.05) is 18.3 Å². The van der Waals surface area contributed by atoms with Crippen LogP contribution in [0, 0.1) is 5.82 Å². The van der Waals surface area contributed by atoms with Crippen LogP contribution in [0.3, 0.4) is 0 Å². The number of benzene rings is 2. The SMILES string of the molecule is CCOC(=O)CN1C=C(C(=O)NS(=O)(=O)c2ccc(C(=O)NCCc3ccc(F)cc3)cc2)C=C(OC)C1C(=O)O. The molecule has 3 rings (SSSR count). The largest absolute Gasteiger partial charge is 0.498 e. The molecule has 41 heavy (non-hydrogen) atoms. The van der Waals surface area contributed by atoms with Crippen molar-refractivity contribution in [2.75, 3.05) is 26.8 Å². The number of ether oxygens (including phenoxy) is 2. The summed E-state index contributed by atoms with van der Waals surface area (Å²) in [5, 5.41) is 12.3. The van der Waals surface area contributed by atoms with Crippen LogP contribution in [0.4, 0.5) is 4.39 Å². The van der Waals surface area contributed by atoms with Gasteiger partial charge in [0.2, 0.25) is 0 Å². The Morgan fingerprint density at radius 1 is 1.02 bits per heavy atom. The van der Waals surface area contributed by atoms with Crippen LogP contribution in [0.1, 0.15) is 22.8 Å². The summed E-state index contributed by atoms with van der Waals surface area (Å²) >= 11 is 0. The zero-order valence-corrected chi connectivity index (χ0v) is 22.9. The van der Waals surface area contributed by atoms with E-state index in [4.69, 9.17) is 9.47 Å². The lowest BCUT2D eigenvalue weighted by Crippen LogP contribution is -2.45. The molecule has 1 aliphatic rings. The summed E-state index contributed by atoms with van der Waals surface area (Å²) in [7, 11) is -3.24. The molecule has 1 unspecified atom stereocenters. The predicted octanol–water partition coefficient (Wildman–Crippen LogP) is 1.35. The number of nitrogens with one attached hydrogen (secondary N) is 2. The standard InChI is InChI=1S/C27H28FN3O9S/c1-3-40-23(32)16-31-15-19(14-22(39-2)24(31)27(35)36)26(34)30-41(37,38)21-10-6-18(7-11-21)25(33)29-13-12-17-4-8-20(28)9-5-17/h4-11,14-15,24H,3,12-13,16H2,1-2H3,(H,29,33)(H,30,34)(H,35,36). The molecule has 0 spiro atoms. The smallest absolute Gasteiger partial charge is 0.334 e. The topological polar surface area (TPSA) is 168 Å². The molecule has 218 valence electrons. The Balaban J connectivity index is 1.69. The molecular weight excluding hydrogens is 561 g/mol. The molecule has 1 aliphatic heterocycles. The first kappa shape index (κ1) is 30.8. The summed E-state index contributed by atoms with van der Waals surface area (Å²) in [5.74, 6) is -4.27. The maximum atomic E-state index is 13.0. The second-order valence-corrected chi connectivity index (χ2v) is 10.3. The first-order chi connectivity index (χ1) is 19.4. The van der Waals surface area contributed by atoms with Gasteiger partial charge in [-0.15, -0.1) is 0 Å². The van der Waals surface area contributed by atoms with Gasteiger partial charge in [-0.2, -0.15) is 0 Å². The van der Waals surface area contributed by atoms with Crippen LogP contribution >= 0.6 is 0 Å². The van der Waals surface area contributed by atoms with Gasteiger partial charge >= 0.3 is 11.9 Å². The van der Waals surface area contributed by atoms with Gasteiger partial charge in [-0.05, 0) is 61.4 Å². The maximum Gasteiger partial charge on any atom is 0.334 e. The number of esters is 1. The van der Waals surface area contributed by atoms with Crippen LogP contribution in [-0.4, -0.2) is 75.0 Å². The molecule has 0 saturated heterocycles. The highest BCUT2D eigenvalue weighted by Crippen LogP contribution is 2.23. The van der Waals surface area contributed by atoms with Crippen molar-refractivity contribution < 1.29 is 46.6 Å². The average Bonchev–Trinajstić information content (AvgIpc) is 2.93. The van der Waals surface area contributed by atoms with Gasteiger partial charge in [-0.3, -0.25) is 14.4 Å². The van der Waals surface area contributed by atoms with Gasteiger partial charge < -0.3 is 24.8 Å². The van der Waals surface area contributed by atoms with Crippen molar-refractivity contribution in [3.63, 3.8) is 0 Å². The number of aliphatic carboxylic acids is 1. The number of hydrogen-bond acceptors (Lipinski definition) is 9. The fraction of sp³-hybridized carbons (Fsp3) is 0.259. The number of carboxylic acid groups (broad SMARTS) is 1. The molecule has 3 N–H and O–H groups in total. The van der Waals surface area contributed by atoms with E-state index in [1.165, 1.54) is 31.4 Å². The Morgan fingerprint density at radius 2 is 1.68 bits per heavy atom. The Bertz CT molecular complexity index is 1470. The van der Waals surface area contributed by atoms with Gasteiger partial charge in [0.05, 0.1) is 24.2 Å². The first-order valence-corrected chi connectivity index (χ1v) is 13.7. The summed E-state index contributed by atoms with van der Waals surface area (Å²) < 4.78 is 50.6. The number of nitrogens with zero attached hydrogens (tertiary/aromatic N) is 1. The van der Waals surface area contributed by atoms with E-state index in [0.717, 1.165) is 34.9 Å². The van der Waals surface area contributed by atoms with Crippen molar-refractivity contribution in [2.24, 2.45) is 0 Å². The first-order valence-electron chi connectivity index (χ1n) is 12.3. The lowest BCUT2D eigenvalue weighted by Gasteiger charge is -2.31. The number of hydrogen-bond donors (Lipinski definition) is 3. The number of amides is 2. The molecular formula is C27H28FN3O9S. The molecule has 2 aromatic carbocycles. The van der Waals surface area contributed by atoms with Crippen LogP contribution in [-0.2, 0) is 40.3 Å². The number of rotatable bonds is 12. The third kappa shape index (κ3) is 8.14. The molecule has 0 fully saturated rings. The molecule has 2 amide bonds. The number of halogens is 1. The van der Waals surface area contributed by atoms with E-state index in [1.807, 2.05) is 4.72 Å². The molecule has 2 aromatic rings. The minimum atomic E-state index is -4.41. The van der Waals surface area contributed by atoms with Gasteiger partial charge in [0.15, 0.2) is 6.04 Å². The molecule has 1 heterocycles. The highest BCUT2D eigenvalue weighted by Gasteiger charge is 2.35. The molecule has 12 nitrogen and oxygen atoms in total. The average molecular weight is 590 g/mol. The van der Waals surface area contributed by atoms with E-state index in [1.54, 1.807) is 19.1 Å². The molecule has 0 saturated carbocycles. The maximum absolute atomic E-state index is 13.0. The summed E-state index contributed by atoms with van der Waals surface area (Å²) in [6.07, 6.45) is 2.55. The van der Waals surface area contributed by atoms with Gasteiger partial charge in [-0.1, -0.05) is 12.1 Å². The highest BCUT2D eigenvalue weighted by molar-refractivity contribution is 7.90. The van der Waals surface area contributed by atoms with Crippen LogP contribution < -0.4 is 10.0 Å². The third-order valence-corrected chi connectivity index (χ3v) is 7.17. The fourth-order valence-electron chi connectivity index (χ4n) is 3.84. The molecule has 0 aromatic heterocycles. The summed E-state index contributed by atoms with van der Waals surface area (Å²) in [6, 6.07) is 9.22. The van der Waals surface area contributed by atoms with Crippen LogP contribution in [0.5, 0.6) is 0 Å². The van der Waals surface area contributed by atoms with Crippen molar-refractivity contribution >= 4 is 33.8 Å². The minimum Gasteiger partial charge on any atom is -0.498 e. The van der Waals surface area contributed by atoms with Crippen LogP contribution in [0.25, 0.3) is 0 Å². The van der Waals surface area contributed by atoms with Crippen LogP contribution in [0.15, 0.2) is 77.0 Å². The molecule has 1 atom stereocenters. The van der Waals surface area contributed by atoms with Gasteiger partial charge in [0.1, 0.15) is 18.1 Å². The lowest BCUT2D eigenvalue weighted by molar-refractivity contribution is -0.147. The van der Waals surface area contributed by atoms with E-state index in [2.05, 4.69) is 5.32 Å². The quantitative estimate of drug-likeness (QED) is 0.307. The zero-order valence-electron chi connectivity index (χ0n) is 22.1. The molecule has 0 bridgehead atoms. The number of carbonyl (C=O) groups excluding carboxylic acids is 3. The Kier molecular flexibility index (Phi) is 10.2. The zero-order chi connectivity index (χ0) is 30.2. The van der Waals surface area contributed by atoms with Gasteiger partial charge in [-0.25, -0.2) is 22.3 Å². The van der Waals surface area contributed by atoms with Crippen LogP contribution in [0.2, 0.25) is 0 Å². The lowest BCUT2D eigenvalue weighted by atomic mass is 10.1. The summed E-state index contributed by atoms with van der Waals surface area (Å²) in [4.78, 5) is 49.8. The van der Waals surface area contributed by atoms with E-state index >= 15 is 0 Å². The van der Waals surface area contributed by atoms with Crippen molar-refractivity contribution in [3.05, 3.63) is 89.1 Å². The van der Waals surface area contributed by atoms with Crippen molar-refractivity contribution in [1.82, 2.24) is 14.9 Å². The second-order valence-electron chi connectivity index (χ2n) is 8.64. The molecule has 0 aliphatic carbocycles. The van der Waals surface area contributed by atoms with E-state index in [9.17, 15) is 37.1 Å². The number of methoxy groups -OCH3 is 1. The molecule has 0 radical (unpaired) electrons. The predicted molar refractivity (Wildman–Crippen MR) is 142 cm³/mol. The minimum absolute atomic E-state index is 0.0448. The highest BCUT2D eigenvalue weighted by atomic mass is 32.2. The van der Waals surface area contributed by atoms with E-state index in [0.29, 0.717) is 6.42 Å². The number of carbonyl (C=O) groups is 4. The third-order valence-electron chi connectivity index (χ3n) is 5.82. The van der Waals surface area contributed by atoms with Crippen molar-refractivity contribution in [3.8, 4) is 0 Å². The van der Waals surface area contributed by atoms with Gasteiger partial charge in [0.25, 0.3) is 21.8 Å².